The maximum atomic E-state index is 5.78. The first-order valence-electron chi connectivity index (χ1n) is 5.82. The maximum absolute atomic E-state index is 5.78. The number of nitrogens with zero attached hydrogens (tertiary/aromatic N) is 2. The number of rotatable bonds is 2. The second-order valence-electron chi connectivity index (χ2n) is 4.60. The van der Waals surface area contributed by atoms with E-state index in [4.69, 9.17) is 5.73 Å². The lowest BCUT2D eigenvalue weighted by atomic mass is 10.0. The molecule has 2 N–H and O–H groups in total. The van der Waals surface area contributed by atoms with E-state index in [-0.39, 0.29) is 0 Å². The molecule has 2 aromatic rings. The molecule has 1 heterocycles. The molecule has 0 spiro atoms. The normalized spacial score (nSPS) is 10.9. The van der Waals surface area contributed by atoms with Crippen LogP contribution in [0.5, 0.6) is 0 Å². The summed E-state index contributed by atoms with van der Waals surface area (Å²) in [6.45, 7) is 4.66. The molecule has 0 saturated carbocycles. The first kappa shape index (κ1) is 11.9. The third-order valence-corrected chi connectivity index (χ3v) is 3.17. The van der Waals surface area contributed by atoms with Gasteiger partial charge in [-0.15, -0.1) is 0 Å². The summed E-state index contributed by atoms with van der Waals surface area (Å²) in [5.41, 5.74) is 11.4. The molecule has 0 aliphatic heterocycles. The molecule has 0 amide bonds. The minimum atomic E-state index is 0.483. The Morgan fingerprint density at radius 2 is 1.94 bits per heavy atom. The van der Waals surface area contributed by atoms with Gasteiger partial charge in [0.1, 0.15) is 0 Å². The molecule has 0 radical (unpaired) electrons. The first-order chi connectivity index (χ1) is 8.06. The summed E-state index contributed by atoms with van der Waals surface area (Å²) in [6, 6.07) is 6.29. The van der Waals surface area contributed by atoms with E-state index in [1.807, 2.05) is 0 Å². The minimum Gasteiger partial charge on any atom is -0.377 e. The van der Waals surface area contributed by atoms with Crippen LogP contribution in [-0.4, -0.2) is 19.1 Å². The van der Waals surface area contributed by atoms with Gasteiger partial charge in [0.05, 0.1) is 16.9 Å². The van der Waals surface area contributed by atoms with Crippen LogP contribution >= 0.6 is 0 Å². The lowest BCUT2D eigenvalue weighted by Crippen LogP contribution is -2.14. The van der Waals surface area contributed by atoms with Gasteiger partial charge in [0, 0.05) is 26.0 Å². The molecule has 0 unspecified atom stereocenters. The van der Waals surface area contributed by atoms with Crippen molar-refractivity contribution in [3.05, 3.63) is 35.0 Å². The Bertz CT molecular complexity index is 559. The van der Waals surface area contributed by atoms with Gasteiger partial charge in [-0.1, -0.05) is 18.2 Å². The summed E-state index contributed by atoms with van der Waals surface area (Å²) >= 11 is 0. The molecule has 2 rings (SSSR count). The number of aromatic nitrogens is 1. The van der Waals surface area contributed by atoms with Crippen LogP contribution in [0.1, 0.15) is 16.8 Å². The van der Waals surface area contributed by atoms with Crippen LogP contribution < -0.4 is 10.6 Å². The minimum absolute atomic E-state index is 0.483. The number of pyridine rings is 1. The third kappa shape index (κ3) is 1.87. The van der Waals surface area contributed by atoms with Gasteiger partial charge in [-0.25, -0.2) is 0 Å². The SMILES string of the molecule is Cc1c(CN)nc2c(C)cccc2c1N(C)C. The van der Waals surface area contributed by atoms with Crippen LogP contribution in [0.15, 0.2) is 18.2 Å². The Balaban J connectivity index is 2.92. The smallest absolute Gasteiger partial charge is 0.0756 e. The van der Waals surface area contributed by atoms with Gasteiger partial charge in [-0.05, 0) is 25.0 Å². The van der Waals surface area contributed by atoms with E-state index >= 15 is 0 Å². The summed E-state index contributed by atoms with van der Waals surface area (Å²) in [4.78, 5) is 6.82. The predicted molar refractivity (Wildman–Crippen MR) is 73.4 cm³/mol. The lowest BCUT2D eigenvalue weighted by Gasteiger charge is -2.21. The van der Waals surface area contributed by atoms with Gasteiger partial charge in [0.25, 0.3) is 0 Å². The molecule has 17 heavy (non-hydrogen) atoms. The highest BCUT2D eigenvalue weighted by Gasteiger charge is 2.13. The van der Waals surface area contributed by atoms with Gasteiger partial charge in [0.2, 0.25) is 0 Å². The Hall–Kier alpha value is -1.61. The molecule has 0 aliphatic carbocycles. The largest absolute Gasteiger partial charge is 0.377 e. The van der Waals surface area contributed by atoms with Crippen molar-refractivity contribution >= 4 is 16.6 Å². The van der Waals surface area contributed by atoms with Crippen molar-refractivity contribution in [2.24, 2.45) is 5.73 Å². The average Bonchev–Trinajstić information content (AvgIpc) is 2.28. The van der Waals surface area contributed by atoms with Crippen LogP contribution in [0.4, 0.5) is 5.69 Å². The topological polar surface area (TPSA) is 42.1 Å². The highest BCUT2D eigenvalue weighted by molar-refractivity contribution is 5.95. The van der Waals surface area contributed by atoms with Crippen LogP contribution in [0, 0.1) is 13.8 Å². The summed E-state index contributed by atoms with van der Waals surface area (Å²) < 4.78 is 0. The van der Waals surface area contributed by atoms with Crippen molar-refractivity contribution in [2.45, 2.75) is 20.4 Å². The molecule has 3 heteroatoms. The monoisotopic (exact) mass is 229 g/mol. The molecule has 0 bridgehead atoms. The van der Waals surface area contributed by atoms with Crippen molar-refractivity contribution < 1.29 is 0 Å². The molecule has 0 aliphatic rings. The lowest BCUT2D eigenvalue weighted by molar-refractivity contribution is 0.973. The number of benzene rings is 1. The van der Waals surface area contributed by atoms with E-state index in [9.17, 15) is 0 Å². The number of fused-ring (bicyclic) bond motifs is 1. The van der Waals surface area contributed by atoms with Crippen molar-refractivity contribution in [3.8, 4) is 0 Å². The Kier molecular flexibility index (Phi) is 3.03. The Morgan fingerprint density at radius 3 is 2.53 bits per heavy atom. The zero-order chi connectivity index (χ0) is 12.6. The van der Waals surface area contributed by atoms with E-state index in [0.717, 1.165) is 11.2 Å². The molecule has 1 aromatic heterocycles. The molecule has 0 atom stereocenters. The average molecular weight is 229 g/mol. The second kappa shape index (κ2) is 4.34. The summed E-state index contributed by atoms with van der Waals surface area (Å²) in [6.07, 6.45) is 0. The van der Waals surface area contributed by atoms with E-state index in [2.05, 4.69) is 56.0 Å². The van der Waals surface area contributed by atoms with Gasteiger partial charge in [-0.3, -0.25) is 4.98 Å². The van der Waals surface area contributed by atoms with Crippen LogP contribution in [0.3, 0.4) is 0 Å². The first-order valence-corrected chi connectivity index (χ1v) is 5.82. The summed E-state index contributed by atoms with van der Waals surface area (Å²) in [7, 11) is 4.12. The van der Waals surface area contributed by atoms with Crippen molar-refractivity contribution in [1.82, 2.24) is 4.98 Å². The molecule has 0 fully saturated rings. The van der Waals surface area contributed by atoms with Gasteiger partial charge < -0.3 is 10.6 Å². The fourth-order valence-electron chi connectivity index (χ4n) is 2.33. The van der Waals surface area contributed by atoms with E-state index in [1.54, 1.807) is 0 Å². The molecule has 90 valence electrons. The van der Waals surface area contributed by atoms with Gasteiger partial charge in [0.15, 0.2) is 0 Å². The standard InChI is InChI=1S/C14H19N3/c1-9-6-5-7-11-13(9)16-12(8-15)10(2)14(11)17(3)4/h5-7H,8,15H2,1-4H3. The van der Waals surface area contributed by atoms with E-state index < -0.39 is 0 Å². The van der Waals surface area contributed by atoms with Crippen molar-refractivity contribution in [3.63, 3.8) is 0 Å². The molecule has 1 aromatic carbocycles. The molecular formula is C14H19N3. The quantitative estimate of drug-likeness (QED) is 0.859. The van der Waals surface area contributed by atoms with Gasteiger partial charge >= 0.3 is 0 Å². The van der Waals surface area contributed by atoms with Crippen LogP contribution in [0.25, 0.3) is 10.9 Å². The van der Waals surface area contributed by atoms with E-state index in [1.165, 1.54) is 22.2 Å². The number of anilines is 1. The summed E-state index contributed by atoms with van der Waals surface area (Å²) in [5, 5.41) is 1.20. The second-order valence-corrected chi connectivity index (χ2v) is 4.60. The fraction of sp³-hybridized carbons (Fsp3) is 0.357. The zero-order valence-corrected chi connectivity index (χ0v) is 10.9. The third-order valence-electron chi connectivity index (χ3n) is 3.17. The highest BCUT2D eigenvalue weighted by atomic mass is 15.1. The number of aryl methyl sites for hydroxylation is 1. The van der Waals surface area contributed by atoms with Crippen LogP contribution in [0.2, 0.25) is 0 Å². The molecule has 0 saturated heterocycles. The Labute approximate surface area is 102 Å². The van der Waals surface area contributed by atoms with Crippen molar-refractivity contribution in [1.29, 1.82) is 0 Å². The predicted octanol–water partition coefficient (Wildman–Crippen LogP) is 2.38. The highest BCUT2D eigenvalue weighted by Crippen LogP contribution is 2.31. The maximum Gasteiger partial charge on any atom is 0.0756 e. The fourth-order valence-corrected chi connectivity index (χ4v) is 2.33. The molecule has 3 nitrogen and oxygen atoms in total. The van der Waals surface area contributed by atoms with Crippen LogP contribution in [-0.2, 0) is 6.54 Å². The number of hydrogen-bond donors (Lipinski definition) is 1. The van der Waals surface area contributed by atoms with Gasteiger partial charge in [-0.2, -0.15) is 0 Å². The number of para-hydroxylation sites is 1. The summed E-state index contributed by atoms with van der Waals surface area (Å²) in [5.74, 6) is 0. The Morgan fingerprint density at radius 1 is 1.24 bits per heavy atom. The molecular weight excluding hydrogens is 210 g/mol. The number of nitrogens with two attached hydrogens (primary N) is 1. The zero-order valence-electron chi connectivity index (χ0n) is 10.9. The van der Waals surface area contributed by atoms with E-state index in [0.29, 0.717) is 6.54 Å². The number of hydrogen-bond acceptors (Lipinski definition) is 3. The van der Waals surface area contributed by atoms with Crippen molar-refractivity contribution in [2.75, 3.05) is 19.0 Å².